The molecule has 4 heteroatoms. The number of hydrogen-bond acceptors (Lipinski definition) is 3. The Balaban J connectivity index is 1.78. The van der Waals surface area contributed by atoms with Crippen LogP contribution in [0.5, 0.6) is 0 Å². The van der Waals surface area contributed by atoms with E-state index in [0.717, 1.165) is 10.6 Å². The number of aryl methyl sites for hydroxylation is 1. The molecule has 21 heavy (non-hydrogen) atoms. The third kappa shape index (κ3) is 2.40. The van der Waals surface area contributed by atoms with Crippen LogP contribution >= 0.6 is 0 Å². The molecule has 2 aromatic rings. The van der Waals surface area contributed by atoms with Gasteiger partial charge in [0.1, 0.15) is 0 Å². The predicted octanol–water partition coefficient (Wildman–Crippen LogP) is 2.83. The van der Waals surface area contributed by atoms with Crippen molar-refractivity contribution in [2.45, 2.75) is 13.5 Å². The molecular formula is C17H16N2O2. The molecule has 0 aromatic heterocycles. The monoisotopic (exact) mass is 280 g/mol. The van der Waals surface area contributed by atoms with Crippen molar-refractivity contribution in [2.24, 2.45) is 0 Å². The molecule has 2 aromatic carbocycles. The molecule has 0 radical (unpaired) electrons. The summed E-state index contributed by atoms with van der Waals surface area (Å²) >= 11 is 0. The molecule has 2 amide bonds. The quantitative estimate of drug-likeness (QED) is 0.880. The van der Waals surface area contributed by atoms with Gasteiger partial charge in [0.15, 0.2) is 0 Å². The summed E-state index contributed by atoms with van der Waals surface area (Å²) in [6.45, 7) is 2.73. The average molecular weight is 280 g/mol. The van der Waals surface area contributed by atoms with Crippen LogP contribution in [0.3, 0.4) is 0 Å². The predicted molar refractivity (Wildman–Crippen MR) is 81.4 cm³/mol. The van der Waals surface area contributed by atoms with Gasteiger partial charge in [0.25, 0.3) is 11.8 Å². The molecule has 0 atom stereocenters. The van der Waals surface area contributed by atoms with Crippen LogP contribution in [-0.2, 0) is 6.54 Å². The van der Waals surface area contributed by atoms with Crippen LogP contribution in [0, 0.1) is 6.92 Å². The van der Waals surface area contributed by atoms with Crippen molar-refractivity contribution in [3.05, 3.63) is 64.7 Å². The minimum absolute atomic E-state index is 0.236. The Kier molecular flexibility index (Phi) is 3.22. The highest BCUT2D eigenvalue weighted by atomic mass is 16.2. The van der Waals surface area contributed by atoms with Gasteiger partial charge >= 0.3 is 0 Å². The van der Waals surface area contributed by atoms with Gasteiger partial charge in [-0.2, -0.15) is 0 Å². The van der Waals surface area contributed by atoms with E-state index in [1.54, 1.807) is 12.1 Å². The van der Waals surface area contributed by atoms with Crippen LogP contribution in [0.2, 0.25) is 0 Å². The van der Waals surface area contributed by atoms with Crippen molar-refractivity contribution >= 4 is 17.5 Å². The Labute approximate surface area is 123 Å². The van der Waals surface area contributed by atoms with Gasteiger partial charge in [-0.1, -0.05) is 29.8 Å². The molecule has 0 saturated heterocycles. The highest BCUT2D eigenvalue weighted by Crippen LogP contribution is 2.25. The van der Waals surface area contributed by atoms with Crippen LogP contribution in [0.25, 0.3) is 0 Å². The summed E-state index contributed by atoms with van der Waals surface area (Å²) < 4.78 is 0. The number of benzene rings is 2. The van der Waals surface area contributed by atoms with E-state index in [1.165, 1.54) is 18.2 Å². The SMILES string of the molecule is Cc1ccc(CNc2ccc3c(c2)C(=O)N(C)C3=O)cc1. The maximum atomic E-state index is 11.9. The molecule has 0 spiro atoms. The molecule has 0 aliphatic carbocycles. The second kappa shape index (κ2) is 5.05. The molecule has 0 unspecified atom stereocenters. The summed E-state index contributed by atoms with van der Waals surface area (Å²) in [6.07, 6.45) is 0. The van der Waals surface area contributed by atoms with Gasteiger partial charge in [0.2, 0.25) is 0 Å². The van der Waals surface area contributed by atoms with Crippen molar-refractivity contribution in [2.75, 3.05) is 12.4 Å². The van der Waals surface area contributed by atoms with Crippen molar-refractivity contribution in [1.29, 1.82) is 0 Å². The Morgan fingerprint density at radius 1 is 0.952 bits per heavy atom. The highest BCUT2D eigenvalue weighted by Gasteiger charge is 2.32. The zero-order chi connectivity index (χ0) is 15.0. The first-order chi connectivity index (χ1) is 10.1. The number of amides is 2. The van der Waals surface area contributed by atoms with Gasteiger partial charge < -0.3 is 5.32 Å². The molecule has 1 aliphatic rings. The van der Waals surface area contributed by atoms with Crippen LogP contribution in [0.4, 0.5) is 5.69 Å². The van der Waals surface area contributed by atoms with Crippen molar-refractivity contribution in [3.63, 3.8) is 0 Å². The number of nitrogens with one attached hydrogen (secondary N) is 1. The first-order valence-electron chi connectivity index (χ1n) is 6.82. The zero-order valence-electron chi connectivity index (χ0n) is 12.0. The lowest BCUT2D eigenvalue weighted by Gasteiger charge is -2.08. The van der Waals surface area contributed by atoms with Crippen LogP contribution in [0.1, 0.15) is 31.8 Å². The maximum absolute atomic E-state index is 11.9. The van der Waals surface area contributed by atoms with Gasteiger partial charge in [-0.05, 0) is 30.7 Å². The van der Waals surface area contributed by atoms with E-state index >= 15 is 0 Å². The van der Waals surface area contributed by atoms with E-state index in [1.807, 2.05) is 6.07 Å². The lowest BCUT2D eigenvalue weighted by Crippen LogP contribution is -2.24. The molecule has 0 saturated carbocycles. The van der Waals surface area contributed by atoms with E-state index in [-0.39, 0.29) is 11.8 Å². The fourth-order valence-corrected chi connectivity index (χ4v) is 2.38. The fraction of sp³-hybridized carbons (Fsp3) is 0.176. The Bertz CT molecular complexity index is 720. The van der Waals surface area contributed by atoms with Crippen molar-refractivity contribution in [1.82, 2.24) is 4.90 Å². The summed E-state index contributed by atoms with van der Waals surface area (Å²) in [5, 5.41) is 3.28. The minimum Gasteiger partial charge on any atom is -0.381 e. The third-order valence-electron chi connectivity index (χ3n) is 3.71. The Hall–Kier alpha value is -2.62. The van der Waals surface area contributed by atoms with E-state index in [9.17, 15) is 9.59 Å². The number of rotatable bonds is 3. The molecular weight excluding hydrogens is 264 g/mol. The smallest absolute Gasteiger partial charge is 0.261 e. The zero-order valence-corrected chi connectivity index (χ0v) is 12.0. The van der Waals surface area contributed by atoms with E-state index in [0.29, 0.717) is 17.7 Å². The largest absolute Gasteiger partial charge is 0.381 e. The van der Waals surface area contributed by atoms with Gasteiger partial charge in [-0.25, -0.2) is 0 Å². The lowest BCUT2D eigenvalue weighted by atomic mass is 10.1. The number of anilines is 1. The summed E-state index contributed by atoms with van der Waals surface area (Å²) in [5.74, 6) is -0.478. The number of imide groups is 1. The first-order valence-corrected chi connectivity index (χ1v) is 6.82. The molecule has 106 valence electrons. The van der Waals surface area contributed by atoms with Crippen LogP contribution in [-0.4, -0.2) is 23.8 Å². The average Bonchev–Trinajstić information content (AvgIpc) is 2.71. The molecule has 4 nitrogen and oxygen atoms in total. The van der Waals surface area contributed by atoms with E-state index in [2.05, 4.69) is 36.5 Å². The molecule has 1 heterocycles. The highest BCUT2D eigenvalue weighted by molar-refractivity contribution is 6.21. The second-order valence-electron chi connectivity index (χ2n) is 5.27. The second-order valence-corrected chi connectivity index (χ2v) is 5.27. The molecule has 1 aliphatic heterocycles. The number of hydrogen-bond donors (Lipinski definition) is 1. The van der Waals surface area contributed by atoms with Crippen LogP contribution in [0.15, 0.2) is 42.5 Å². The number of carbonyl (C=O) groups excluding carboxylic acids is 2. The molecule has 0 fully saturated rings. The topological polar surface area (TPSA) is 49.4 Å². The lowest BCUT2D eigenvalue weighted by molar-refractivity contribution is 0.0693. The van der Waals surface area contributed by atoms with Gasteiger partial charge in [-0.3, -0.25) is 14.5 Å². The number of fused-ring (bicyclic) bond motifs is 1. The third-order valence-corrected chi connectivity index (χ3v) is 3.71. The molecule has 3 rings (SSSR count). The van der Waals surface area contributed by atoms with Gasteiger partial charge in [-0.15, -0.1) is 0 Å². The normalized spacial score (nSPS) is 13.5. The van der Waals surface area contributed by atoms with E-state index in [4.69, 9.17) is 0 Å². The van der Waals surface area contributed by atoms with Crippen molar-refractivity contribution < 1.29 is 9.59 Å². The maximum Gasteiger partial charge on any atom is 0.261 e. The van der Waals surface area contributed by atoms with Gasteiger partial charge in [0, 0.05) is 19.3 Å². The Morgan fingerprint density at radius 3 is 2.33 bits per heavy atom. The summed E-state index contributed by atoms with van der Waals surface area (Å²) in [7, 11) is 1.50. The van der Waals surface area contributed by atoms with Crippen molar-refractivity contribution in [3.8, 4) is 0 Å². The summed E-state index contributed by atoms with van der Waals surface area (Å²) in [6, 6.07) is 13.5. The standard InChI is InChI=1S/C17H16N2O2/c1-11-3-5-12(6-4-11)10-18-13-7-8-14-15(9-13)17(21)19(2)16(14)20/h3-9,18H,10H2,1-2H3. The Morgan fingerprint density at radius 2 is 1.62 bits per heavy atom. The minimum atomic E-state index is -0.242. The van der Waals surface area contributed by atoms with Gasteiger partial charge in [0.05, 0.1) is 11.1 Å². The summed E-state index contributed by atoms with van der Waals surface area (Å²) in [5.41, 5.74) is 4.18. The molecule has 0 bridgehead atoms. The number of nitrogens with zero attached hydrogens (tertiary/aromatic N) is 1. The number of carbonyl (C=O) groups is 2. The first kappa shape index (κ1) is 13.4. The van der Waals surface area contributed by atoms with E-state index < -0.39 is 0 Å². The van der Waals surface area contributed by atoms with Crippen LogP contribution < -0.4 is 5.32 Å². The molecule has 1 N–H and O–H groups in total. The fourth-order valence-electron chi connectivity index (χ4n) is 2.38. The summed E-state index contributed by atoms with van der Waals surface area (Å²) in [4.78, 5) is 24.9.